The first-order valence-electron chi connectivity index (χ1n) is 15.5. The molecule has 2 aliphatic rings. The Kier molecular flexibility index (Phi) is 8.95. The highest BCUT2D eigenvalue weighted by atomic mass is 16.5. The van der Waals surface area contributed by atoms with Crippen LogP contribution in [0.3, 0.4) is 0 Å². The molecule has 0 radical (unpaired) electrons. The molecule has 1 saturated heterocycles. The summed E-state index contributed by atoms with van der Waals surface area (Å²) in [4.78, 5) is 19.1. The van der Waals surface area contributed by atoms with Crippen molar-refractivity contribution < 1.29 is 24.1 Å². The first-order valence-corrected chi connectivity index (χ1v) is 15.5. The van der Waals surface area contributed by atoms with E-state index in [0.29, 0.717) is 30.8 Å². The minimum Gasteiger partial charge on any atom is -0.488 e. The third kappa shape index (κ3) is 6.21. The summed E-state index contributed by atoms with van der Waals surface area (Å²) >= 11 is 0. The summed E-state index contributed by atoms with van der Waals surface area (Å²) < 4.78 is 19.5. The van der Waals surface area contributed by atoms with E-state index in [1.165, 1.54) is 46.0 Å². The number of carbonyl (C=O) groups is 1. The van der Waals surface area contributed by atoms with E-state index in [1.54, 1.807) is 13.0 Å². The normalized spacial score (nSPS) is 16.8. The lowest BCUT2D eigenvalue weighted by Crippen LogP contribution is -2.34. The maximum atomic E-state index is 11.7. The zero-order valence-corrected chi connectivity index (χ0v) is 25.7. The van der Waals surface area contributed by atoms with Crippen LogP contribution in [-0.2, 0) is 24.2 Å². The minimum absolute atomic E-state index is 0.00899. The van der Waals surface area contributed by atoms with Crippen LogP contribution < -0.4 is 9.47 Å². The van der Waals surface area contributed by atoms with E-state index in [-0.39, 0.29) is 11.4 Å². The van der Waals surface area contributed by atoms with E-state index < -0.39 is 5.97 Å². The second kappa shape index (κ2) is 13.2. The van der Waals surface area contributed by atoms with Crippen LogP contribution in [0.1, 0.15) is 57.9 Å². The van der Waals surface area contributed by atoms with Crippen molar-refractivity contribution in [3.8, 4) is 28.7 Å². The Bertz CT molecular complexity index is 1640. The van der Waals surface area contributed by atoms with Crippen LogP contribution >= 0.6 is 0 Å². The zero-order valence-electron chi connectivity index (χ0n) is 25.7. The molecule has 1 N–H and O–H groups in total. The SMILES string of the molecule is CCOc1c(C(=O)O)cnn1-c1cccc(-c2cccc(C)c2OCc2ccc3c(c2C)CCN(CC2CCCO2)CC3)n1. The average Bonchev–Trinajstić information content (AvgIpc) is 3.64. The molecule has 2 aromatic heterocycles. The van der Waals surface area contributed by atoms with Gasteiger partial charge in [0.05, 0.1) is 24.6 Å². The third-order valence-corrected chi connectivity index (χ3v) is 8.72. The topological polar surface area (TPSA) is 98.9 Å². The predicted octanol–water partition coefficient (Wildman–Crippen LogP) is 5.81. The van der Waals surface area contributed by atoms with Gasteiger partial charge in [-0.2, -0.15) is 9.78 Å². The van der Waals surface area contributed by atoms with Gasteiger partial charge < -0.3 is 24.2 Å². The van der Waals surface area contributed by atoms with Crippen molar-refractivity contribution in [2.75, 3.05) is 32.8 Å². The van der Waals surface area contributed by atoms with E-state index in [9.17, 15) is 9.90 Å². The number of carboxylic acid groups (broad SMARTS) is 1. The highest BCUT2D eigenvalue weighted by molar-refractivity contribution is 5.90. The molecule has 1 atom stereocenters. The molecule has 0 amide bonds. The number of rotatable bonds is 10. The Labute approximate surface area is 258 Å². The van der Waals surface area contributed by atoms with Gasteiger partial charge in [-0.15, -0.1) is 0 Å². The van der Waals surface area contributed by atoms with Gasteiger partial charge in [-0.3, -0.25) is 0 Å². The summed E-state index contributed by atoms with van der Waals surface area (Å²) in [7, 11) is 0. The summed E-state index contributed by atoms with van der Waals surface area (Å²) in [5.41, 5.74) is 7.94. The van der Waals surface area contributed by atoms with Crippen molar-refractivity contribution in [2.24, 2.45) is 0 Å². The van der Waals surface area contributed by atoms with Crippen LogP contribution in [0.5, 0.6) is 11.6 Å². The summed E-state index contributed by atoms with van der Waals surface area (Å²) in [6, 6.07) is 16.1. The smallest absolute Gasteiger partial charge is 0.342 e. The molecule has 4 aromatic rings. The largest absolute Gasteiger partial charge is 0.488 e. The van der Waals surface area contributed by atoms with Gasteiger partial charge in [0.1, 0.15) is 17.9 Å². The molecule has 0 aliphatic carbocycles. The number of benzene rings is 2. The Balaban J connectivity index is 1.23. The highest BCUT2D eigenvalue weighted by Crippen LogP contribution is 2.34. The molecule has 6 rings (SSSR count). The third-order valence-electron chi connectivity index (χ3n) is 8.72. The number of aromatic carboxylic acids is 1. The van der Waals surface area contributed by atoms with Crippen molar-refractivity contribution in [1.29, 1.82) is 0 Å². The van der Waals surface area contributed by atoms with Gasteiger partial charge in [0.2, 0.25) is 5.88 Å². The Morgan fingerprint density at radius 1 is 1.07 bits per heavy atom. The molecule has 1 unspecified atom stereocenters. The standard InChI is InChI=1S/C35H40N4O5/c1-4-42-34-30(35(40)41)20-36-39(34)32-12-6-11-31(37-32)29-10-5-8-23(2)33(29)44-22-26-14-13-25-15-17-38(18-16-28(25)24(26)3)21-27-9-7-19-43-27/h5-6,8,10-14,20,27H,4,7,9,15-19,21-22H2,1-3H3,(H,40,41). The molecule has 4 heterocycles. The van der Waals surface area contributed by atoms with Crippen LogP contribution in [0.4, 0.5) is 0 Å². The molecular weight excluding hydrogens is 556 g/mol. The fourth-order valence-electron chi connectivity index (χ4n) is 6.33. The molecular formula is C35H40N4O5. The van der Waals surface area contributed by atoms with Crippen molar-refractivity contribution >= 4 is 5.97 Å². The van der Waals surface area contributed by atoms with E-state index in [4.69, 9.17) is 19.2 Å². The number of hydrogen-bond acceptors (Lipinski definition) is 7. The summed E-state index contributed by atoms with van der Waals surface area (Å²) in [5, 5.41) is 13.9. The van der Waals surface area contributed by atoms with E-state index >= 15 is 0 Å². The van der Waals surface area contributed by atoms with Crippen LogP contribution in [0.25, 0.3) is 17.1 Å². The first-order chi connectivity index (χ1) is 21.4. The fourth-order valence-corrected chi connectivity index (χ4v) is 6.33. The number of hydrogen-bond donors (Lipinski definition) is 1. The molecule has 1 fully saturated rings. The molecule has 0 spiro atoms. The lowest BCUT2D eigenvalue weighted by atomic mass is 9.94. The maximum Gasteiger partial charge on any atom is 0.342 e. The van der Waals surface area contributed by atoms with Crippen molar-refractivity contribution in [1.82, 2.24) is 19.7 Å². The lowest BCUT2D eigenvalue weighted by Gasteiger charge is -2.23. The van der Waals surface area contributed by atoms with Gasteiger partial charge in [-0.25, -0.2) is 9.78 Å². The summed E-state index contributed by atoms with van der Waals surface area (Å²) in [6.45, 7) is 10.9. The van der Waals surface area contributed by atoms with Gasteiger partial charge in [0.15, 0.2) is 5.82 Å². The van der Waals surface area contributed by atoms with Gasteiger partial charge in [-0.05, 0) is 92.5 Å². The molecule has 230 valence electrons. The summed E-state index contributed by atoms with van der Waals surface area (Å²) in [5.74, 6) is 0.278. The fraction of sp³-hybridized carbons (Fsp3) is 0.400. The summed E-state index contributed by atoms with van der Waals surface area (Å²) in [6.07, 6.45) is 6.12. The Hall–Kier alpha value is -4.21. The number of nitrogens with zero attached hydrogens (tertiary/aromatic N) is 4. The number of para-hydroxylation sites is 1. The number of pyridine rings is 1. The van der Waals surface area contributed by atoms with Gasteiger partial charge in [0.25, 0.3) is 0 Å². The Morgan fingerprint density at radius 2 is 1.91 bits per heavy atom. The average molecular weight is 597 g/mol. The van der Waals surface area contributed by atoms with Crippen molar-refractivity contribution in [3.05, 3.63) is 88.1 Å². The molecule has 9 heteroatoms. The van der Waals surface area contributed by atoms with E-state index in [1.807, 2.05) is 37.3 Å². The predicted molar refractivity (Wildman–Crippen MR) is 168 cm³/mol. The number of carboxylic acids is 1. The van der Waals surface area contributed by atoms with E-state index in [0.717, 1.165) is 56.0 Å². The lowest BCUT2D eigenvalue weighted by molar-refractivity contribution is 0.0692. The maximum absolute atomic E-state index is 11.7. The molecule has 9 nitrogen and oxygen atoms in total. The van der Waals surface area contributed by atoms with Gasteiger partial charge in [0, 0.05) is 31.8 Å². The van der Waals surface area contributed by atoms with Crippen molar-refractivity contribution in [2.45, 2.75) is 59.2 Å². The molecule has 2 aliphatic heterocycles. The highest BCUT2D eigenvalue weighted by Gasteiger charge is 2.23. The zero-order chi connectivity index (χ0) is 30.6. The quantitative estimate of drug-likeness (QED) is 0.245. The molecule has 2 aromatic carbocycles. The van der Waals surface area contributed by atoms with Crippen molar-refractivity contribution in [3.63, 3.8) is 0 Å². The van der Waals surface area contributed by atoms with Crippen LogP contribution in [-0.4, -0.2) is 69.7 Å². The first kappa shape index (κ1) is 29.8. The molecule has 0 saturated carbocycles. The van der Waals surface area contributed by atoms with E-state index in [2.05, 4.69) is 29.1 Å². The van der Waals surface area contributed by atoms with Gasteiger partial charge >= 0.3 is 5.97 Å². The Morgan fingerprint density at radius 3 is 2.70 bits per heavy atom. The number of ether oxygens (including phenoxy) is 3. The van der Waals surface area contributed by atoms with Gasteiger partial charge in [-0.1, -0.05) is 30.3 Å². The number of fused-ring (bicyclic) bond motifs is 1. The van der Waals surface area contributed by atoms with Crippen LogP contribution in [0.2, 0.25) is 0 Å². The molecule has 0 bridgehead atoms. The number of aryl methyl sites for hydroxylation is 1. The van der Waals surface area contributed by atoms with Crippen LogP contribution in [0.15, 0.2) is 54.7 Å². The second-order valence-electron chi connectivity index (χ2n) is 11.6. The molecule has 44 heavy (non-hydrogen) atoms. The minimum atomic E-state index is -1.10. The number of aromatic nitrogens is 3. The second-order valence-corrected chi connectivity index (χ2v) is 11.6. The monoisotopic (exact) mass is 596 g/mol. The van der Waals surface area contributed by atoms with Crippen LogP contribution in [0, 0.1) is 13.8 Å².